The van der Waals surface area contributed by atoms with E-state index in [4.69, 9.17) is 5.84 Å². The fourth-order valence-electron chi connectivity index (χ4n) is 2.62. The van der Waals surface area contributed by atoms with Gasteiger partial charge in [0, 0.05) is 7.05 Å². The van der Waals surface area contributed by atoms with Crippen LogP contribution in [0.15, 0.2) is 30.3 Å². The summed E-state index contributed by atoms with van der Waals surface area (Å²) >= 11 is 0. The van der Waals surface area contributed by atoms with Crippen molar-refractivity contribution >= 4 is 0 Å². The first-order valence-corrected chi connectivity index (χ1v) is 7.06. The SMILES string of the molecule is Cc1cc(C(NN)c2cccc(CC(C)C)c2)n(C)n1. The number of nitrogens with one attached hydrogen (secondary N) is 1. The smallest absolute Gasteiger partial charge is 0.0878 e. The second-order valence-electron chi connectivity index (χ2n) is 5.78. The number of hydrazine groups is 1. The lowest BCUT2D eigenvalue weighted by molar-refractivity contribution is 0.572. The van der Waals surface area contributed by atoms with Crippen LogP contribution in [0.5, 0.6) is 0 Å². The van der Waals surface area contributed by atoms with Crippen molar-refractivity contribution in [3.63, 3.8) is 0 Å². The van der Waals surface area contributed by atoms with Crippen LogP contribution in [0, 0.1) is 12.8 Å². The van der Waals surface area contributed by atoms with E-state index in [1.807, 2.05) is 18.7 Å². The fourth-order valence-corrected chi connectivity index (χ4v) is 2.62. The maximum atomic E-state index is 5.78. The number of benzene rings is 1. The van der Waals surface area contributed by atoms with Gasteiger partial charge in [-0.15, -0.1) is 0 Å². The molecule has 4 heteroatoms. The Morgan fingerprint density at radius 1 is 1.30 bits per heavy atom. The Labute approximate surface area is 121 Å². The minimum atomic E-state index is -0.0340. The Balaban J connectivity index is 2.34. The number of hydrogen-bond donors (Lipinski definition) is 2. The maximum absolute atomic E-state index is 5.78. The zero-order chi connectivity index (χ0) is 14.7. The van der Waals surface area contributed by atoms with Gasteiger partial charge >= 0.3 is 0 Å². The minimum absolute atomic E-state index is 0.0340. The highest BCUT2D eigenvalue weighted by Crippen LogP contribution is 2.23. The van der Waals surface area contributed by atoms with Crippen LogP contribution >= 0.6 is 0 Å². The van der Waals surface area contributed by atoms with E-state index in [1.54, 1.807) is 0 Å². The standard InChI is InChI=1S/C16H24N4/c1-11(2)8-13-6-5-7-14(10-13)16(18-17)15-9-12(3)19-20(15)4/h5-7,9-11,16,18H,8,17H2,1-4H3. The van der Waals surface area contributed by atoms with Gasteiger partial charge in [0.1, 0.15) is 0 Å². The van der Waals surface area contributed by atoms with Gasteiger partial charge in [-0.1, -0.05) is 38.1 Å². The summed E-state index contributed by atoms with van der Waals surface area (Å²) in [4.78, 5) is 0. The minimum Gasteiger partial charge on any atom is -0.271 e. The lowest BCUT2D eigenvalue weighted by Crippen LogP contribution is -2.30. The van der Waals surface area contributed by atoms with Crippen molar-refractivity contribution < 1.29 is 0 Å². The summed E-state index contributed by atoms with van der Waals surface area (Å²) in [7, 11) is 1.95. The quantitative estimate of drug-likeness (QED) is 0.649. The molecule has 1 heterocycles. The lowest BCUT2D eigenvalue weighted by atomic mass is 9.97. The largest absolute Gasteiger partial charge is 0.271 e. The monoisotopic (exact) mass is 272 g/mol. The Bertz CT molecular complexity index is 572. The number of aromatic nitrogens is 2. The van der Waals surface area contributed by atoms with Gasteiger partial charge in [-0.2, -0.15) is 5.10 Å². The Kier molecular flexibility index (Phi) is 4.57. The first-order chi connectivity index (χ1) is 9.51. The molecule has 108 valence electrons. The van der Waals surface area contributed by atoms with Gasteiger partial charge in [-0.3, -0.25) is 10.5 Å². The second kappa shape index (κ2) is 6.20. The van der Waals surface area contributed by atoms with E-state index in [-0.39, 0.29) is 6.04 Å². The predicted molar refractivity (Wildman–Crippen MR) is 82.1 cm³/mol. The molecular weight excluding hydrogens is 248 g/mol. The van der Waals surface area contributed by atoms with Crippen molar-refractivity contribution in [3.05, 3.63) is 52.8 Å². The highest BCUT2D eigenvalue weighted by molar-refractivity contribution is 5.32. The average Bonchev–Trinajstić information content (AvgIpc) is 2.69. The molecule has 20 heavy (non-hydrogen) atoms. The van der Waals surface area contributed by atoms with E-state index in [1.165, 1.54) is 11.1 Å². The zero-order valence-corrected chi connectivity index (χ0v) is 12.7. The van der Waals surface area contributed by atoms with Crippen LogP contribution in [-0.4, -0.2) is 9.78 Å². The molecule has 2 rings (SSSR count). The molecule has 0 aliphatic heterocycles. The van der Waals surface area contributed by atoms with Gasteiger partial charge in [-0.05, 0) is 36.5 Å². The molecular formula is C16H24N4. The molecule has 4 nitrogen and oxygen atoms in total. The summed E-state index contributed by atoms with van der Waals surface area (Å²) < 4.78 is 1.88. The topological polar surface area (TPSA) is 55.9 Å². The van der Waals surface area contributed by atoms with Crippen LogP contribution in [0.2, 0.25) is 0 Å². The van der Waals surface area contributed by atoms with Crippen LogP contribution in [0.25, 0.3) is 0 Å². The third-order valence-corrected chi connectivity index (χ3v) is 3.43. The van der Waals surface area contributed by atoms with E-state index < -0.39 is 0 Å². The van der Waals surface area contributed by atoms with Crippen molar-refractivity contribution in [2.24, 2.45) is 18.8 Å². The van der Waals surface area contributed by atoms with Crippen LogP contribution in [0.1, 0.15) is 42.4 Å². The number of aryl methyl sites for hydroxylation is 2. The Morgan fingerprint density at radius 2 is 2.05 bits per heavy atom. The summed E-state index contributed by atoms with van der Waals surface area (Å²) in [6.45, 7) is 6.46. The molecule has 2 aromatic rings. The number of nitrogens with zero attached hydrogens (tertiary/aromatic N) is 2. The second-order valence-corrected chi connectivity index (χ2v) is 5.78. The van der Waals surface area contributed by atoms with E-state index in [0.717, 1.165) is 17.8 Å². The van der Waals surface area contributed by atoms with Gasteiger partial charge in [-0.25, -0.2) is 5.43 Å². The molecule has 0 bridgehead atoms. The van der Waals surface area contributed by atoms with Crippen LogP contribution in [-0.2, 0) is 13.5 Å². The van der Waals surface area contributed by atoms with Crippen LogP contribution in [0.4, 0.5) is 0 Å². The highest BCUT2D eigenvalue weighted by Gasteiger charge is 2.17. The molecule has 0 saturated heterocycles. The van der Waals surface area contributed by atoms with E-state index >= 15 is 0 Å². The van der Waals surface area contributed by atoms with Gasteiger partial charge < -0.3 is 0 Å². The van der Waals surface area contributed by atoms with Crippen molar-refractivity contribution in [2.45, 2.75) is 33.2 Å². The molecule has 1 aromatic carbocycles. The molecule has 1 aromatic heterocycles. The molecule has 0 aliphatic rings. The van der Waals surface area contributed by atoms with Crippen molar-refractivity contribution in [3.8, 4) is 0 Å². The third kappa shape index (κ3) is 3.26. The van der Waals surface area contributed by atoms with E-state index in [9.17, 15) is 0 Å². The Morgan fingerprint density at radius 3 is 2.60 bits per heavy atom. The molecule has 1 atom stereocenters. The van der Waals surface area contributed by atoms with Crippen molar-refractivity contribution in [1.29, 1.82) is 0 Å². The van der Waals surface area contributed by atoms with Crippen LogP contribution in [0.3, 0.4) is 0 Å². The van der Waals surface area contributed by atoms with Gasteiger partial charge in [0.15, 0.2) is 0 Å². The van der Waals surface area contributed by atoms with Crippen LogP contribution < -0.4 is 11.3 Å². The lowest BCUT2D eigenvalue weighted by Gasteiger charge is -2.18. The zero-order valence-electron chi connectivity index (χ0n) is 12.7. The van der Waals surface area contributed by atoms with Gasteiger partial charge in [0.2, 0.25) is 0 Å². The number of rotatable bonds is 5. The van der Waals surface area contributed by atoms with Crippen molar-refractivity contribution in [1.82, 2.24) is 15.2 Å². The highest BCUT2D eigenvalue weighted by atomic mass is 15.3. The molecule has 0 spiro atoms. The number of nitrogens with two attached hydrogens (primary N) is 1. The predicted octanol–water partition coefficient (Wildman–Crippen LogP) is 2.48. The molecule has 0 saturated carbocycles. The van der Waals surface area contributed by atoms with Crippen molar-refractivity contribution in [2.75, 3.05) is 0 Å². The summed E-state index contributed by atoms with van der Waals surface area (Å²) in [5, 5.41) is 4.40. The number of hydrogen-bond acceptors (Lipinski definition) is 3. The molecule has 1 unspecified atom stereocenters. The first-order valence-electron chi connectivity index (χ1n) is 7.06. The molecule has 0 amide bonds. The first kappa shape index (κ1) is 14.8. The summed E-state index contributed by atoms with van der Waals surface area (Å²) in [6.07, 6.45) is 1.08. The summed E-state index contributed by atoms with van der Waals surface area (Å²) in [5.41, 5.74) is 7.50. The van der Waals surface area contributed by atoms with E-state index in [2.05, 4.69) is 54.7 Å². The van der Waals surface area contributed by atoms with E-state index in [0.29, 0.717) is 5.92 Å². The molecule has 0 radical (unpaired) electrons. The Hall–Kier alpha value is -1.65. The maximum Gasteiger partial charge on any atom is 0.0878 e. The van der Waals surface area contributed by atoms with Gasteiger partial charge in [0.05, 0.1) is 17.4 Å². The molecule has 0 fully saturated rings. The fraction of sp³-hybridized carbons (Fsp3) is 0.438. The molecule has 0 aliphatic carbocycles. The van der Waals surface area contributed by atoms with Gasteiger partial charge in [0.25, 0.3) is 0 Å². The summed E-state index contributed by atoms with van der Waals surface area (Å²) in [5.74, 6) is 6.42. The average molecular weight is 272 g/mol. The molecule has 3 N–H and O–H groups in total. The normalized spacial score (nSPS) is 12.9. The third-order valence-electron chi connectivity index (χ3n) is 3.43. The summed E-state index contributed by atoms with van der Waals surface area (Å²) in [6, 6.07) is 10.6.